The third-order valence-electron chi connectivity index (χ3n) is 3.76. The number of carbonyl (C=O) groups excluding carboxylic acids is 1. The predicted molar refractivity (Wildman–Crippen MR) is 91.6 cm³/mol. The molecule has 0 saturated carbocycles. The lowest BCUT2D eigenvalue weighted by molar-refractivity contribution is -0.143. The van der Waals surface area contributed by atoms with Gasteiger partial charge in [0.05, 0.1) is 29.1 Å². The molecule has 5 nitrogen and oxygen atoms in total. The standard InChI is InChI=1S/C18H19F6N3O2/c1-11(2)29-8-4-7-25-16(28)14-10-26-27(15(14)18(22,23)24)13-6-3-5-12(9-13)17(19,20)21/h3,5-6,9-11H,4,7-8H2,1-2H3,(H,25,28). The van der Waals surface area contributed by atoms with Crippen molar-refractivity contribution >= 4 is 5.91 Å². The van der Waals surface area contributed by atoms with Gasteiger partial charge in [-0.2, -0.15) is 31.4 Å². The highest BCUT2D eigenvalue weighted by Crippen LogP contribution is 2.35. The molecule has 0 atom stereocenters. The number of ether oxygens (including phenoxy) is 1. The zero-order valence-corrected chi connectivity index (χ0v) is 15.6. The van der Waals surface area contributed by atoms with E-state index in [0.29, 0.717) is 25.3 Å². The first-order valence-electron chi connectivity index (χ1n) is 8.64. The van der Waals surface area contributed by atoms with Gasteiger partial charge in [-0.3, -0.25) is 4.79 Å². The van der Waals surface area contributed by atoms with Gasteiger partial charge in [0.25, 0.3) is 5.91 Å². The number of halogens is 6. The molecular weight excluding hydrogens is 404 g/mol. The van der Waals surface area contributed by atoms with Crippen LogP contribution in [0.1, 0.15) is 41.9 Å². The van der Waals surface area contributed by atoms with Crippen LogP contribution in [0.5, 0.6) is 0 Å². The van der Waals surface area contributed by atoms with Gasteiger partial charge >= 0.3 is 12.4 Å². The first-order chi connectivity index (χ1) is 13.4. The van der Waals surface area contributed by atoms with E-state index in [1.807, 2.05) is 13.8 Å². The van der Waals surface area contributed by atoms with Crippen molar-refractivity contribution in [2.75, 3.05) is 13.2 Å². The Bertz CT molecular complexity index is 843. The molecule has 1 N–H and O–H groups in total. The number of amides is 1. The van der Waals surface area contributed by atoms with Crippen LogP contribution >= 0.6 is 0 Å². The summed E-state index contributed by atoms with van der Waals surface area (Å²) in [4.78, 5) is 12.2. The number of nitrogens with zero attached hydrogens (tertiary/aromatic N) is 2. The zero-order valence-electron chi connectivity index (χ0n) is 15.6. The van der Waals surface area contributed by atoms with Gasteiger partial charge in [0.2, 0.25) is 0 Å². The summed E-state index contributed by atoms with van der Waals surface area (Å²) in [6.07, 6.45) is -8.71. The first-order valence-corrected chi connectivity index (χ1v) is 8.64. The van der Waals surface area contributed by atoms with Crippen LogP contribution in [0.3, 0.4) is 0 Å². The fourth-order valence-electron chi connectivity index (χ4n) is 2.49. The summed E-state index contributed by atoms with van der Waals surface area (Å²) in [5.41, 5.74) is -3.82. The molecule has 0 aliphatic rings. The van der Waals surface area contributed by atoms with Crippen molar-refractivity contribution in [3.05, 3.63) is 47.3 Å². The molecule has 0 aliphatic carbocycles. The lowest BCUT2D eigenvalue weighted by atomic mass is 10.1. The highest BCUT2D eigenvalue weighted by atomic mass is 19.4. The van der Waals surface area contributed by atoms with Crippen molar-refractivity contribution in [3.63, 3.8) is 0 Å². The molecule has 0 spiro atoms. The van der Waals surface area contributed by atoms with Gasteiger partial charge in [-0.15, -0.1) is 0 Å². The van der Waals surface area contributed by atoms with E-state index in [-0.39, 0.29) is 17.3 Å². The number of aromatic nitrogens is 2. The highest BCUT2D eigenvalue weighted by Gasteiger charge is 2.41. The fourth-order valence-corrected chi connectivity index (χ4v) is 2.49. The topological polar surface area (TPSA) is 56.1 Å². The average molecular weight is 423 g/mol. The number of nitrogens with one attached hydrogen (secondary N) is 1. The van der Waals surface area contributed by atoms with Gasteiger partial charge < -0.3 is 10.1 Å². The molecule has 0 aliphatic heterocycles. The van der Waals surface area contributed by atoms with E-state index < -0.39 is 40.8 Å². The van der Waals surface area contributed by atoms with Crippen molar-refractivity contribution in [3.8, 4) is 5.69 Å². The second-order valence-electron chi connectivity index (χ2n) is 6.39. The van der Waals surface area contributed by atoms with Crippen LogP contribution in [0, 0.1) is 0 Å². The lowest BCUT2D eigenvalue weighted by Gasteiger charge is -2.14. The highest BCUT2D eigenvalue weighted by molar-refractivity contribution is 5.95. The third kappa shape index (κ3) is 5.96. The summed E-state index contributed by atoms with van der Waals surface area (Å²) >= 11 is 0. The van der Waals surface area contributed by atoms with Crippen LogP contribution in [0.15, 0.2) is 30.5 Å². The average Bonchev–Trinajstić information content (AvgIpc) is 3.06. The number of rotatable bonds is 7. The van der Waals surface area contributed by atoms with Crippen LogP contribution in [0.4, 0.5) is 26.3 Å². The molecule has 11 heteroatoms. The maximum Gasteiger partial charge on any atom is 0.434 e. The fraction of sp³-hybridized carbons (Fsp3) is 0.444. The van der Waals surface area contributed by atoms with Gasteiger partial charge in [0.15, 0.2) is 5.69 Å². The minimum Gasteiger partial charge on any atom is -0.379 e. The van der Waals surface area contributed by atoms with E-state index in [2.05, 4.69) is 10.4 Å². The Morgan fingerprint density at radius 3 is 2.45 bits per heavy atom. The Labute approximate surface area is 162 Å². The molecule has 2 rings (SSSR count). The molecule has 1 aromatic heterocycles. The minimum absolute atomic E-state index is 0.0202. The van der Waals surface area contributed by atoms with E-state index in [0.717, 1.165) is 18.2 Å². The van der Waals surface area contributed by atoms with Crippen molar-refractivity contribution in [2.24, 2.45) is 0 Å². The van der Waals surface area contributed by atoms with Crippen LogP contribution < -0.4 is 5.32 Å². The van der Waals surface area contributed by atoms with Gasteiger partial charge in [-0.25, -0.2) is 4.68 Å². The summed E-state index contributed by atoms with van der Waals surface area (Å²) in [5.74, 6) is -1.03. The third-order valence-corrected chi connectivity index (χ3v) is 3.76. The maximum absolute atomic E-state index is 13.6. The predicted octanol–water partition coefficient (Wildman–Crippen LogP) is 4.45. The van der Waals surface area contributed by atoms with Crippen LogP contribution in [0.2, 0.25) is 0 Å². The zero-order chi connectivity index (χ0) is 21.8. The molecule has 1 heterocycles. The molecule has 1 aromatic carbocycles. The summed E-state index contributed by atoms with van der Waals surface area (Å²) in [7, 11) is 0. The van der Waals surface area contributed by atoms with Crippen molar-refractivity contribution < 1.29 is 35.9 Å². The second-order valence-corrected chi connectivity index (χ2v) is 6.39. The van der Waals surface area contributed by atoms with Gasteiger partial charge in [-0.05, 0) is 38.5 Å². The molecule has 160 valence electrons. The van der Waals surface area contributed by atoms with E-state index in [9.17, 15) is 31.1 Å². The van der Waals surface area contributed by atoms with E-state index in [4.69, 9.17) is 4.74 Å². The summed E-state index contributed by atoms with van der Waals surface area (Å²) in [6.45, 7) is 4.01. The SMILES string of the molecule is CC(C)OCCCNC(=O)c1cnn(-c2cccc(C(F)(F)F)c2)c1C(F)(F)F. The number of hydrogen-bond acceptors (Lipinski definition) is 3. The Kier molecular flexibility index (Phi) is 6.93. The van der Waals surface area contributed by atoms with Gasteiger partial charge in [-0.1, -0.05) is 6.07 Å². The summed E-state index contributed by atoms with van der Waals surface area (Å²) < 4.78 is 84.9. The van der Waals surface area contributed by atoms with Gasteiger partial charge in [0.1, 0.15) is 0 Å². The van der Waals surface area contributed by atoms with Crippen LogP contribution in [-0.2, 0) is 17.1 Å². The first kappa shape index (κ1) is 22.7. The molecule has 2 aromatic rings. The molecular formula is C18H19F6N3O2. The Morgan fingerprint density at radius 2 is 1.86 bits per heavy atom. The summed E-state index contributed by atoms with van der Waals surface area (Å²) in [5, 5.41) is 5.84. The number of hydrogen-bond donors (Lipinski definition) is 1. The molecule has 29 heavy (non-hydrogen) atoms. The normalized spacial score (nSPS) is 12.4. The van der Waals surface area contributed by atoms with Crippen molar-refractivity contribution in [2.45, 2.75) is 38.7 Å². The molecule has 0 saturated heterocycles. The van der Waals surface area contributed by atoms with Crippen LogP contribution in [-0.4, -0.2) is 34.9 Å². The second kappa shape index (κ2) is 8.85. The Hall–Kier alpha value is -2.56. The Morgan fingerprint density at radius 1 is 1.17 bits per heavy atom. The minimum atomic E-state index is -5.02. The maximum atomic E-state index is 13.6. The lowest BCUT2D eigenvalue weighted by Crippen LogP contribution is -2.28. The van der Waals surface area contributed by atoms with E-state index >= 15 is 0 Å². The quantitative estimate of drug-likeness (QED) is 0.529. The summed E-state index contributed by atoms with van der Waals surface area (Å²) in [6, 6.07) is 3.27. The van der Waals surface area contributed by atoms with Crippen molar-refractivity contribution in [1.29, 1.82) is 0 Å². The number of carbonyl (C=O) groups is 1. The largest absolute Gasteiger partial charge is 0.434 e. The number of alkyl halides is 6. The molecule has 0 bridgehead atoms. The van der Waals surface area contributed by atoms with E-state index in [1.54, 1.807) is 0 Å². The molecule has 0 unspecified atom stereocenters. The Balaban J connectivity index is 2.29. The van der Waals surface area contributed by atoms with E-state index in [1.165, 1.54) is 0 Å². The molecule has 0 radical (unpaired) electrons. The monoisotopic (exact) mass is 423 g/mol. The molecule has 0 fully saturated rings. The van der Waals surface area contributed by atoms with Crippen LogP contribution in [0.25, 0.3) is 5.69 Å². The van der Waals surface area contributed by atoms with Crippen molar-refractivity contribution in [1.82, 2.24) is 15.1 Å². The molecule has 1 amide bonds. The van der Waals surface area contributed by atoms with Gasteiger partial charge in [0, 0.05) is 13.2 Å². The smallest absolute Gasteiger partial charge is 0.379 e. The number of benzene rings is 1.